The van der Waals surface area contributed by atoms with Gasteiger partial charge in [-0.15, -0.1) is 0 Å². The van der Waals surface area contributed by atoms with Crippen LogP contribution in [0.4, 0.5) is 0 Å². The van der Waals surface area contributed by atoms with Crippen molar-refractivity contribution >= 4 is 5.91 Å². The number of benzene rings is 1. The Morgan fingerprint density at radius 1 is 1.15 bits per heavy atom. The molecule has 1 aromatic carbocycles. The van der Waals surface area contributed by atoms with Gasteiger partial charge in [0.25, 0.3) is 0 Å². The average molecular weight is 365 g/mol. The highest BCUT2D eigenvalue weighted by Gasteiger charge is 2.38. The molecule has 2 fully saturated rings. The molecule has 1 aromatic heterocycles. The van der Waals surface area contributed by atoms with Crippen LogP contribution in [0.2, 0.25) is 0 Å². The van der Waals surface area contributed by atoms with Crippen LogP contribution in [0.15, 0.2) is 47.3 Å². The molecule has 0 aliphatic carbocycles. The molecule has 2 atom stereocenters. The number of carbonyl (C=O) groups is 1. The number of fused-ring (bicyclic) bond motifs is 1. The number of ether oxygens (including phenoxy) is 1. The molecule has 0 unspecified atom stereocenters. The van der Waals surface area contributed by atoms with Crippen molar-refractivity contribution in [2.24, 2.45) is 5.92 Å². The fourth-order valence-electron chi connectivity index (χ4n) is 3.93. The summed E-state index contributed by atoms with van der Waals surface area (Å²) in [7, 11) is 0. The van der Waals surface area contributed by atoms with Crippen molar-refractivity contribution in [3.63, 3.8) is 0 Å². The molecule has 27 heavy (non-hydrogen) atoms. The van der Waals surface area contributed by atoms with E-state index in [-0.39, 0.29) is 12.0 Å². The van der Waals surface area contributed by atoms with Gasteiger partial charge in [-0.1, -0.05) is 12.1 Å². The van der Waals surface area contributed by atoms with Gasteiger partial charge in [-0.05, 0) is 23.8 Å². The summed E-state index contributed by atoms with van der Waals surface area (Å²) < 4.78 is 11.2. The Balaban J connectivity index is 1.35. The highest BCUT2D eigenvalue weighted by molar-refractivity contribution is 5.79. The smallest absolute Gasteiger partial charge is 0.227 e. The Morgan fingerprint density at radius 2 is 2.00 bits per heavy atom. The SMILES string of the molecule is N#Cc1ccc(CC(=O)N2C[C@@H]3CN(Cc4ccoc4)CCO[C@@H]3C2)cc1. The third-order valence-corrected chi connectivity index (χ3v) is 5.39. The number of amides is 1. The van der Waals surface area contributed by atoms with Gasteiger partial charge in [-0.2, -0.15) is 5.26 Å². The largest absolute Gasteiger partial charge is 0.472 e. The Bertz CT molecular complexity index is 810. The maximum Gasteiger partial charge on any atom is 0.227 e. The van der Waals surface area contributed by atoms with Crippen LogP contribution in [0.5, 0.6) is 0 Å². The molecule has 0 bridgehead atoms. The third-order valence-electron chi connectivity index (χ3n) is 5.39. The molecule has 3 heterocycles. The minimum atomic E-state index is 0.115. The van der Waals surface area contributed by atoms with E-state index in [1.54, 1.807) is 24.7 Å². The maximum atomic E-state index is 12.7. The Hall–Kier alpha value is -2.62. The molecule has 1 amide bonds. The van der Waals surface area contributed by atoms with E-state index >= 15 is 0 Å². The zero-order chi connectivity index (χ0) is 18.6. The second-order valence-corrected chi connectivity index (χ2v) is 7.32. The second-order valence-electron chi connectivity index (χ2n) is 7.32. The number of hydrogen-bond donors (Lipinski definition) is 0. The predicted octanol–water partition coefficient (Wildman–Crippen LogP) is 2.05. The molecular weight excluding hydrogens is 342 g/mol. The van der Waals surface area contributed by atoms with Crippen LogP contribution in [-0.4, -0.2) is 54.6 Å². The van der Waals surface area contributed by atoms with E-state index in [9.17, 15) is 4.79 Å². The number of hydrogen-bond acceptors (Lipinski definition) is 5. The normalized spacial score (nSPS) is 22.9. The summed E-state index contributed by atoms with van der Waals surface area (Å²) >= 11 is 0. The summed E-state index contributed by atoms with van der Waals surface area (Å²) in [6.45, 7) is 4.77. The Kier molecular flexibility index (Phi) is 5.23. The van der Waals surface area contributed by atoms with Gasteiger partial charge in [-0.25, -0.2) is 0 Å². The van der Waals surface area contributed by atoms with E-state index in [0.29, 0.717) is 31.1 Å². The van der Waals surface area contributed by atoms with Crippen molar-refractivity contribution in [2.45, 2.75) is 19.1 Å². The van der Waals surface area contributed by atoms with Crippen LogP contribution < -0.4 is 0 Å². The van der Waals surface area contributed by atoms with Crippen molar-refractivity contribution in [3.8, 4) is 6.07 Å². The summed E-state index contributed by atoms with van der Waals surface area (Å²) in [5, 5.41) is 8.88. The molecule has 0 N–H and O–H groups in total. The maximum absolute atomic E-state index is 12.7. The van der Waals surface area contributed by atoms with Crippen molar-refractivity contribution in [1.82, 2.24) is 9.80 Å². The molecule has 0 radical (unpaired) electrons. The summed E-state index contributed by atoms with van der Waals surface area (Å²) in [5.41, 5.74) is 2.72. The lowest BCUT2D eigenvalue weighted by atomic mass is 10.1. The summed E-state index contributed by atoms with van der Waals surface area (Å²) in [6.07, 6.45) is 3.96. The van der Waals surface area contributed by atoms with E-state index in [1.807, 2.05) is 23.1 Å². The molecule has 2 aromatic rings. The van der Waals surface area contributed by atoms with E-state index in [4.69, 9.17) is 14.4 Å². The molecule has 0 saturated carbocycles. The van der Waals surface area contributed by atoms with Crippen molar-refractivity contribution in [2.75, 3.05) is 32.8 Å². The monoisotopic (exact) mass is 365 g/mol. The third kappa shape index (κ3) is 4.21. The molecule has 2 aliphatic heterocycles. The summed E-state index contributed by atoms with van der Waals surface area (Å²) in [5.74, 6) is 0.460. The van der Waals surface area contributed by atoms with Crippen LogP contribution in [0.25, 0.3) is 0 Å². The molecule has 140 valence electrons. The number of likely N-dealkylation sites (tertiary alicyclic amines) is 1. The van der Waals surface area contributed by atoms with Gasteiger partial charge in [0.2, 0.25) is 5.91 Å². The first-order valence-corrected chi connectivity index (χ1v) is 9.33. The quantitative estimate of drug-likeness (QED) is 0.829. The van der Waals surface area contributed by atoms with E-state index < -0.39 is 0 Å². The van der Waals surface area contributed by atoms with Gasteiger partial charge < -0.3 is 14.1 Å². The lowest BCUT2D eigenvalue weighted by Crippen LogP contribution is -2.34. The molecule has 0 spiro atoms. The van der Waals surface area contributed by atoms with Gasteiger partial charge in [0.1, 0.15) is 0 Å². The van der Waals surface area contributed by atoms with Gasteiger partial charge in [0.05, 0.1) is 43.3 Å². The number of rotatable bonds is 4. The first kappa shape index (κ1) is 17.8. The first-order chi connectivity index (χ1) is 13.2. The summed E-state index contributed by atoms with van der Waals surface area (Å²) in [4.78, 5) is 17.0. The highest BCUT2D eigenvalue weighted by Crippen LogP contribution is 2.25. The van der Waals surface area contributed by atoms with Crippen molar-refractivity contribution in [1.29, 1.82) is 5.26 Å². The first-order valence-electron chi connectivity index (χ1n) is 9.33. The molecule has 6 nitrogen and oxygen atoms in total. The Labute approximate surface area is 158 Å². The van der Waals surface area contributed by atoms with Crippen molar-refractivity contribution in [3.05, 3.63) is 59.5 Å². The standard InChI is InChI=1S/C21H23N3O3/c22-10-17-3-1-16(2-4-17)9-21(25)24-13-19-12-23(6-8-27-20(19)14-24)11-18-5-7-26-15-18/h1-5,7,15,19-20H,6,8-9,11-14H2/t19-,20+/m0/s1. The molecular formula is C21H23N3O3. The number of nitriles is 1. The number of furan rings is 1. The fraction of sp³-hybridized carbons (Fsp3) is 0.429. The molecule has 4 rings (SSSR count). The van der Waals surface area contributed by atoms with Crippen LogP contribution in [0.1, 0.15) is 16.7 Å². The van der Waals surface area contributed by atoms with Gasteiger partial charge >= 0.3 is 0 Å². The van der Waals surface area contributed by atoms with Crippen LogP contribution >= 0.6 is 0 Å². The lowest BCUT2D eigenvalue weighted by molar-refractivity contribution is -0.130. The lowest BCUT2D eigenvalue weighted by Gasteiger charge is -2.22. The molecule has 6 heteroatoms. The number of nitrogens with zero attached hydrogens (tertiary/aromatic N) is 3. The fourth-order valence-corrected chi connectivity index (χ4v) is 3.93. The zero-order valence-electron chi connectivity index (χ0n) is 15.2. The predicted molar refractivity (Wildman–Crippen MR) is 98.7 cm³/mol. The van der Waals surface area contributed by atoms with Gasteiger partial charge in [0.15, 0.2) is 0 Å². The Morgan fingerprint density at radius 3 is 2.74 bits per heavy atom. The van der Waals surface area contributed by atoms with E-state index in [2.05, 4.69) is 11.0 Å². The second kappa shape index (κ2) is 7.95. The van der Waals surface area contributed by atoms with Gasteiger partial charge in [-0.3, -0.25) is 9.69 Å². The van der Waals surface area contributed by atoms with E-state index in [1.165, 1.54) is 5.56 Å². The van der Waals surface area contributed by atoms with Crippen LogP contribution in [0, 0.1) is 17.2 Å². The topological polar surface area (TPSA) is 69.7 Å². The van der Waals surface area contributed by atoms with Crippen LogP contribution in [-0.2, 0) is 22.5 Å². The minimum Gasteiger partial charge on any atom is -0.472 e. The van der Waals surface area contributed by atoms with Gasteiger partial charge in [0, 0.05) is 44.2 Å². The van der Waals surface area contributed by atoms with Crippen molar-refractivity contribution < 1.29 is 13.9 Å². The summed E-state index contributed by atoms with van der Waals surface area (Å²) in [6, 6.07) is 11.3. The minimum absolute atomic E-state index is 0.115. The average Bonchev–Trinajstić information content (AvgIpc) is 3.29. The molecule has 2 aliphatic rings. The number of carbonyl (C=O) groups excluding carboxylic acids is 1. The molecule has 2 saturated heterocycles. The van der Waals surface area contributed by atoms with E-state index in [0.717, 1.165) is 31.7 Å². The zero-order valence-corrected chi connectivity index (χ0v) is 15.2. The van der Waals surface area contributed by atoms with Crippen LogP contribution in [0.3, 0.4) is 0 Å². The highest BCUT2D eigenvalue weighted by atomic mass is 16.5.